The van der Waals surface area contributed by atoms with Gasteiger partial charge in [0.1, 0.15) is 11.5 Å². The Morgan fingerprint density at radius 3 is 2.59 bits per heavy atom. The second kappa shape index (κ2) is 6.50. The quantitative estimate of drug-likeness (QED) is 0.929. The number of amides is 1. The largest absolute Gasteiger partial charge is 0.355 e. The lowest BCUT2D eigenvalue weighted by Gasteiger charge is -2.15. The first-order valence-electron chi connectivity index (χ1n) is 6.97. The number of hydrogen-bond donors (Lipinski definition) is 1. The molecule has 0 unspecified atom stereocenters. The van der Waals surface area contributed by atoms with Gasteiger partial charge in [0, 0.05) is 13.1 Å². The minimum absolute atomic E-state index is 0.235. The average molecular weight is 337 g/mol. The Hall–Kier alpha value is -1.85. The normalized spacial score (nSPS) is 14.2. The minimum atomic E-state index is -0.371. The molecule has 114 valence electrons. The molecule has 22 heavy (non-hydrogen) atoms. The van der Waals surface area contributed by atoms with E-state index in [4.69, 9.17) is 23.2 Å². The van der Waals surface area contributed by atoms with Crippen LogP contribution >= 0.6 is 23.2 Å². The summed E-state index contributed by atoms with van der Waals surface area (Å²) in [5, 5.41) is 3.37. The number of nitrogens with one attached hydrogen (secondary N) is 1. The molecule has 1 aliphatic heterocycles. The van der Waals surface area contributed by atoms with E-state index in [2.05, 4.69) is 20.2 Å². The minimum Gasteiger partial charge on any atom is -0.355 e. The van der Waals surface area contributed by atoms with E-state index in [0.29, 0.717) is 15.7 Å². The van der Waals surface area contributed by atoms with Crippen LogP contribution in [0.25, 0.3) is 0 Å². The lowest BCUT2D eigenvalue weighted by Crippen LogP contribution is -2.20. The number of benzene rings is 1. The molecule has 1 N–H and O–H groups in total. The molecule has 1 aliphatic rings. The second-order valence-electron chi connectivity index (χ2n) is 5.01. The number of hydrogen-bond acceptors (Lipinski definition) is 4. The molecule has 1 amide bonds. The van der Waals surface area contributed by atoms with Crippen LogP contribution in [0.3, 0.4) is 0 Å². The van der Waals surface area contributed by atoms with E-state index in [1.807, 2.05) is 0 Å². The maximum Gasteiger partial charge on any atom is 0.275 e. The molecule has 0 bridgehead atoms. The van der Waals surface area contributed by atoms with E-state index >= 15 is 0 Å². The number of carbonyl (C=O) groups is 1. The van der Waals surface area contributed by atoms with Gasteiger partial charge in [-0.15, -0.1) is 0 Å². The molecule has 3 rings (SSSR count). The van der Waals surface area contributed by atoms with E-state index < -0.39 is 0 Å². The Morgan fingerprint density at radius 1 is 1.14 bits per heavy atom. The molecule has 5 nitrogen and oxygen atoms in total. The van der Waals surface area contributed by atoms with Gasteiger partial charge in [-0.2, -0.15) is 0 Å². The van der Waals surface area contributed by atoms with Gasteiger partial charge in [-0.25, -0.2) is 9.97 Å². The first-order chi connectivity index (χ1) is 10.6. The van der Waals surface area contributed by atoms with Crippen LogP contribution in [0.15, 0.2) is 30.6 Å². The zero-order valence-corrected chi connectivity index (χ0v) is 13.2. The maximum absolute atomic E-state index is 12.2. The van der Waals surface area contributed by atoms with Crippen LogP contribution in [0.5, 0.6) is 0 Å². The molecule has 7 heteroatoms. The van der Waals surface area contributed by atoms with Crippen LogP contribution in [0.1, 0.15) is 23.3 Å². The van der Waals surface area contributed by atoms with Crippen molar-refractivity contribution in [2.45, 2.75) is 12.8 Å². The summed E-state index contributed by atoms with van der Waals surface area (Å²) in [6.07, 6.45) is 5.43. The van der Waals surface area contributed by atoms with Crippen molar-refractivity contribution in [3.8, 4) is 0 Å². The first-order valence-corrected chi connectivity index (χ1v) is 7.73. The number of rotatable bonds is 3. The summed E-state index contributed by atoms with van der Waals surface area (Å²) in [5.74, 6) is 0.430. The van der Waals surface area contributed by atoms with Crippen molar-refractivity contribution >= 4 is 40.6 Å². The highest BCUT2D eigenvalue weighted by Crippen LogP contribution is 2.29. The van der Waals surface area contributed by atoms with Crippen molar-refractivity contribution in [1.82, 2.24) is 9.97 Å². The Balaban J connectivity index is 1.73. The average Bonchev–Trinajstić information content (AvgIpc) is 3.06. The predicted octanol–water partition coefficient (Wildman–Crippen LogP) is 3.64. The van der Waals surface area contributed by atoms with E-state index in [0.717, 1.165) is 31.7 Å². The van der Waals surface area contributed by atoms with Gasteiger partial charge in [-0.05, 0) is 25.0 Å². The standard InChI is InChI=1S/C15H14Cl2N4O/c16-10-4-3-5-11(14(10)17)20-15(22)12-8-19-13(9-18-12)21-6-1-2-7-21/h3-5,8-9H,1-2,6-7H2,(H,20,22). The second-order valence-corrected chi connectivity index (χ2v) is 5.79. The lowest BCUT2D eigenvalue weighted by atomic mass is 10.3. The molecule has 0 atom stereocenters. The van der Waals surface area contributed by atoms with Crippen LogP contribution in [0, 0.1) is 0 Å². The Kier molecular flexibility index (Phi) is 4.45. The summed E-state index contributed by atoms with van der Waals surface area (Å²) < 4.78 is 0. The highest BCUT2D eigenvalue weighted by Gasteiger charge is 2.16. The van der Waals surface area contributed by atoms with Crippen molar-refractivity contribution in [3.63, 3.8) is 0 Å². The fourth-order valence-electron chi connectivity index (χ4n) is 2.33. The summed E-state index contributed by atoms with van der Waals surface area (Å²) in [7, 11) is 0. The summed E-state index contributed by atoms with van der Waals surface area (Å²) in [6.45, 7) is 1.97. The Bertz CT molecular complexity index is 684. The van der Waals surface area contributed by atoms with Crippen molar-refractivity contribution in [1.29, 1.82) is 0 Å². The number of carbonyl (C=O) groups excluding carboxylic acids is 1. The maximum atomic E-state index is 12.2. The topological polar surface area (TPSA) is 58.1 Å². The van der Waals surface area contributed by atoms with Crippen LogP contribution in [0.4, 0.5) is 11.5 Å². The number of halogens is 2. The molecular formula is C15H14Cl2N4O. The Labute approximate surface area is 138 Å². The summed E-state index contributed by atoms with van der Waals surface area (Å²) in [4.78, 5) is 22.8. The van der Waals surface area contributed by atoms with Crippen LogP contribution in [0.2, 0.25) is 10.0 Å². The molecule has 0 aliphatic carbocycles. The fraction of sp³-hybridized carbons (Fsp3) is 0.267. The third-order valence-electron chi connectivity index (χ3n) is 3.50. The molecule has 1 saturated heterocycles. The highest BCUT2D eigenvalue weighted by atomic mass is 35.5. The molecule has 1 fully saturated rings. The number of aromatic nitrogens is 2. The third-order valence-corrected chi connectivity index (χ3v) is 4.32. The van der Waals surface area contributed by atoms with Gasteiger partial charge >= 0.3 is 0 Å². The van der Waals surface area contributed by atoms with Gasteiger partial charge in [0.15, 0.2) is 0 Å². The molecule has 0 radical (unpaired) electrons. The number of nitrogens with zero attached hydrogens (tertiary/aromatic N) is 3. The zero-order chi connectivity index (χ0) is 15.5. The van der Waals surface area contributed by atoms with Gasteiger partial charge in [0.25, 0.3) is 5.91 Å². The summed E-state index contributed by atoms with van der Waals surface area (Å²) in [5.41, 5.74) is 0.684. The molecule has 2 aromatic rings. The SMILES string of the molecule is O=C(Nc1cccc(Cl)c1Cl)c1cnc(N2CCCC2)cn1. The van der Waals surface area contributed by atoms with Crippen LogP contribution in [-0.2, 0) is 0 Å². The van der Waals surface area contributed by atoms with Gasteiger partial charge in [-0.3, -0.25) is 4.79 Å². The van der Waals surface area contributed by atoms with Crippen molar-refractivity contribution in [2.75, 3.05) is 23.3 Å². The van der Waals surface area contributed by atoms with E-state index in [-0.39, 0.29) is 11.6 Å². The van der Waals surface area contributed by atoms with Crippen molar-refractivity contribution in [3.05, 3.63) is 46.3 Å². The van der Waals surface area contributed by atoms with Crippen LogP contribution in [-0.4, -0.2) is 29.0 Å². The summed E-state index contributed by atoms with van der Waals surface area (Å²) >= 11 is 12.0. The van der Waals surface area contributed by atoms with E-state index in [1.54, 1.807) is 24.4 Å². The van der Waals surface area contributed by atoms with Gasteiger partial charge in [-0.1, -0.05) is 29.3 Å². The monoisotopic (exact) mass is 336 g/mol. The Morgan fingerprint density at radius 2 is 1.91 bits per heavy atom. The smallest absolute Gasteiger partial charge is 0.275 e. The number of anilines is 2. The zero-order valence-electron chi connectivity index (χ0n) is 11.7. The lowest BCUT2D eigenvalue weighted by molar-refractivity contribution is 0.102. The molecule has 1 aromatic carbocycles. The first kappa shape index (κ1) is 15.1. The molecule has 1 aromatic heterocycles. The van der Waals surface area contributed by atoms with Gasteiger partial charge < -0.3 is 10.2 Å². The molecular weight excluding hydrogens is 323 g/mol. The van der Waals surface area contributed by atoms with E-state index in [9.17, 15) is 4.79 Å². The molecule has 2 heterocycles. The third kappa shape index (κ3) is 3.15. The van der Waals surface area contributed by atoms with E-state index in [1.165, 1.54) is 6.20 Å². The van der Waals surface area contributed by atoms with Crippen LogP contribution < -0.4 is 10.2 Å². The highest BCUT2D eigenvalue weighted by molar-refractivity contribution is 6.44. The van der Waals surface area contributed by atoms with Gasteiger partial charge in [0.05, 0.1) is 28.1 Å². The predicted molar refractivity (Wildman–Crippen MR) is 87.9 cm³/mol. The molecule has 0 spiro atoms. The molecule has 0 saturated carbocycles. The summed E-state index contributed by atoms with van der Waals surface area (Å²) in [6, 6.07) is 5.05. The fourth-order valence-corrected chi connectivity index (χ4v) is 2.68. The van der Waals surface area contributed by atoms with Crippen molar-refractivity contribution in [2.24, 2.45) is 0 Å². The van der Waals surface area contributed by atoms with Crippen molar-refractivity contribution < 1.29 is 4.79 Å². The van der Waals surface area contributed by atoms with Gasteiger partial charge in [0.2, 0.25) is 0 Å².